The summed E-state index contributed by atoms with van der Waals surface area (Å²) in [6, 6.07) is 6.24. The maximum absolute atomic E-state index is 13.0. The van der Waals surface area contributed by atoms with Crippen LogP contribution in [-0.4, -0.2) is 6.54 Å². The SMILES string of the molecule is CC(C)C(CN)C(N)c1cccc(F)c1. The fourth-order valence-electron chi connectivity index (χ4n) is 1.79. The monoisotopic (exact) mass is 210 g/mol. The number of hydrogen-bond acceptors (Lipinski definition) is 2. The van der Waals surface area contributed by atoms with E-state index in [4.69, 9.17) is 11.5 Å². The van der Waals surface area contributed by atoms with E-state index < -0.39 is 0 Å². The summed E-state index contributed by atoms with van der Waals surface area (Å²) in [5.74, 6) is 0.336. The molecular formula is C12H19FN2. The molecular weight excluding hydrogens is 191 g/mol. The van der Waals surface area contributed by atoms with Crippen molar-refractivity contribution in [3.05, 3.63) is 35.6 Å². The second kappa shape index (κ2) is 5.24. The minimum absolute atomic E-state index is 0.187. The summed E-state index contributed by atoms with van der Waals surface area (Å²) >= 11 is 0. The Bertz CT molecular complexity index is 312. The third-order valence-electron chi connectivity index (χ3n) is 2.82. The molecule has 0 aliphatic rings. The van der Waals surface area contributed by atoms with Crippen LogP contribution in [-0.2, 0) is 0 Å². The van der Waals surface area contributed by atoms with E-state index in [0.29, 0.717) is 12.5 Å². The van der Waals surface area contributed by atoms with Crippen LogP contribution in [0.15, 0.2) is 24.3 Å². The van der Waals surface area contributed by atoms with Crippen LogP contribution in [0.3, 0.4) is 0 Å². The highest BCUT2D eigenvalue weighted by molar-refractivity contribution is 5.20. The molecule has 0 bridgehead atoms. The first-order chi connectivity index (χ1) is 7.06. The highest BCUT2D eigenvalue weighted by Crippen LogP contribution is 2.25. The van der Waals surface area contributed by atoms with Gasteiger partial charge in [0, 0.05) is 6.04 Å². The molecule has 0 fully saturated rings. The molecule has 0 saturated carbocycles. The second-order valence-corrected chi connectivity index (χ2v) is 4.22. The van der Waals surface area contributed by atoms with Crippen LogP contribution in [0.2, 0.25) is 0 Å². The lowest BCUT2D eigenvalue weighted by molar-refractivity contribution is 0.330. The van der Waals surface area contributed by atoms with Crippen LogP contribution in [0, 0.1) is 17.7 Å². The molecule has 1 aromatic rings. The molecule has 0 radical (unpaired) electrons. The summed E-state index contributed by atoms with van der Waals surface area (Å²) in [5.41, 5.74) is 12.6. The number of hydrogen-bond donors (Lipinski definition) is 2. The number of benzene rings is 1. The van der Waals surface area contributed by atoms with E-state index in [1.165, 1.54) is 12.1 Å². The van der Waals surface area contributed by atoms with Gasteiger partial charge in [-0.1, -0.05) is 26.0 Å². The van der Waals surface area contributed by atoms with Gasteiger partial charge in [0.05, 0.1) is 0 Å². The second-order valence-electron chi connectivity index (χ2n) is 4.22. The third-order valence-corrected chi connectivity index (χ3v) is 2.82. The van der Waals surface area contributed by atoms with E-state index in [-0.39, 0.29) is 17.8 Å². The number of nitrogens with two attached hydrogens (primary N) is 2. The minimum atomic E-state index is -0.248. The van der Waals surface area contributed by atoms with E-state index in [0.717, 1.165) is 5.56 Å². The zero-order chi connectivity index (χ0) is 11.4. The summed E-state index contributed by atoms with van der Waals surface area (Å²) in [6.45, 7) is 4.68. The average molecular weight is 210 g/mol. The zero-order valence-corrected chi connectivity index (χ0v) is 9.28. The Hall–Kier alpha value is -0.930. The van der Waals surface area contributed by atoms with E-state index in [9.17, 15) is 4.39 Å². The van der Waals surface area contributed by atoms with Crippen molar-refractivity contribution < 1.29 is 4.39 Å². The fourth-order valence-corrected chi connectivity index (χ4v) is 1.79. The topological polar surface area (TPSA) is 52.0 Å². The molecule has 0 amide bonds. The summed E-state index contributed by atoms with van der Waals surface area (Å²) < 4.78 is 13.0. The van der Waals surface area contributed by atoms with Crippen molar-refractivity contribution in [3.8, 4) is 0 Å². The summed E-state index contributed by atoms with van der Waals surface area (Å²) in [5, 5.41) is 0. The average Bonchev–Trinajstić information content (AvgIpc) is 2.18. The molecule has 0 saturated heterocycles. The van der Waals surface area contributed by atoms with Gasteiger partial charge in [-0.15, -0.1) is 0 Å². The highest BCUT2D eigenvalue weighted by Gasteiger charge is 2.21. The number of halogens is 1. The lowest BCUT2D eigenvalue weighted by Crippen LogP contribution is -2.31. The molecule has 2 atom stereocenters. The van der Waals surface area contributed by atoms with Gasteiger partial charge in [0.2, 0.25) is 0 Å². The lowest BCUT2D eigenvalue weighted by Gasteiger charge is -2.26. The smallest absolute Gasteiger partial charge is 0.123 e. The molecule has 0 aliphatic heterocycles. The Morgan fingerprint density at radius 3 is 2.47 bits per heavy atom. The van der Waals surface area contributed by atoms with E-state index in [2.05, 4.69) is 13.8 Å². The first-order valence-electron chi connectivity index (χ1n) is 5.27. The van der Waals surface area contributed by atoms with Gasteiger partial charge in [-0.2, -0.15) is 0 Å². The Balaban J connectivity index is 2.87. The van der Waals surface area contributed by atoms with Crippen molar-refractivity contribution in [2.24, 2.45) is 23.3 Å². The largest absolute Gasteiger partial charge is 0.330 e. The zero-order valence-electron chi connectivity index (χ0n) is 9.28. The Morgan fingerprint density at radius 2 is 2.00 bits per heavy atom. The quantitative estimate of drug-likeness (QED) is 0.799. The van der Waals surface area contributed by atoms with Crippen molar-refractivity contribution in [1.29, 1.82) is 0 Å². The Kier molecular flexibility index (Phi) is 4.24. The van der Waals surface area contributed by atoms with Crippen molar-refractivity contribution in [1.82, 2.24) is 0 Å². The molecule has 1 rings (SSSR count). The standard InChI is InChI=1S/C12H19FN2/c1-8(2)11(7-14)12(15)9-4-3-5-10(13)6-9/h3-6,8,11-12H,7,14-15H2,1-2H3. The van der Waals surface area contributed by atoms with E-state index in [1.54, 1.807) is 6.07 Å². The number of rotatable bonds is 4. The minimum Gasteiger partial charge on any atom is -0.330 e. The van der Waals surface area contributed by atoms with Crippen molar-refractivity contribution in [2.75, 3.05) is 6.54 Å². The van der Waals surface area contributed by atoms with Crippen LogP contribution >= 0.6 is 0 Å². The molecule has 1 aromatic carbocycles. The molecule has 15 heavy (non-hydrogen) atoms. The predicted octanol–water partition coefficient (Wildman–Crippen LogP) is 2.06. The fraction of sp³-hybridized carbons (Fsp3) is 0.500. The first kappa shape index (κ1) is 12.1. The van der Waals surface area contributed by atoms with Gasteiger partial charge in [-0.25, -0.2) is 4.39 Å². The van der Waals surface area contributed by atoms with Crippen LogP contribution < -0.4 is 11.5 Å². The molecule has 0 spiro atoms. The predicted molar refractivity (Wildman–Crippen MR) is 60.7 cm³/mol. The van der Waals surface area contributed by atoms with Crippen LogP contribution in [0.4, 0.5) is 4.39 Å². The molecule has 3 heteroatoms. The third kappa shape index (κ3) is 3.01. The molecule has 84 valence electrons. The van der Waals surface area contributed by atoms with Crippen LogP contribution in [0.1, 0.15) is 25.5 Å². The van der Waals surface area contributed by atoms with Crippen LogP contribution in [0.25, 0.3) is 0 Å². The molecule has 0 aromatic heterocycles. The van der Waals surface area contributed by atoms with E-state index >= 15 is 0 Å². The Labute approximate surface area is 90.5 Å². The Morgan fingerprint density at radius 1 is 1.33 bits per heavy atom. The van der Waals surface area contributed by atoms with Gasteiger partial charge < -0.3 is 11.5 Å². The highest BCUT2D eigenvalue weighted by atomic mass is 19.1. The maximum Gasteiger partial charge on any atom is 0.123 e. The van der Waals surface area contributed by atoms with Gasteiger partial charge in [0.1, 0.15) is 5.82 Å². The van der Waals surface area contributed by atoms with Gasteiger partial charge >= 0.3 is 0 Å². The summed E-state index contributed by atoms with van der Waals surface area (Å²) in [7, 11) is 0. The van der Waals surface area contributed by atoms with Gasteiger partial charge in [0.25, 0.3) is 0 Å². The first-order valence-corrected chi connectivity index (χ1v) is 5.27. The normalized spacial score (nSPS) is 15.3. The molecule has 0 heterocycles. The van der Waals surface area contributed by atoms with Crippen molar-refractivity contribution in [3.63, 3.8) is 0 Å². The summed E-state index contributed by atoms with van der Waals surface area (Å²) in [6.07, 6.45) is 0. The van der Waals surface area contributed by atoms with Gasteiger partial charge in [-0.05, 0) is 36.1 Å². The summed E-state index contributed by atoms with van der Waals surface area (Å²) in [4.78, 5) is 0. The lowest BCUT2D eigenvalue weighted by atomic mass is 9.85. The van der Waals surface area contributed by atoms with Crippen LogP contribution in [0.5, 0.6) is 0 Å². The molecule has 2 unspecified atom stereocenters. The molecule has 4 N–H and O–H groups in total. The molecule has 0 aliphatic carbocycles. The van der Waals surface area contributed by atoms with Crippen molar-refractivity contribution >= 4 is 0 Å². The molecule has 2 nitrogen and oxygen atoms in total. The maximum atomic E-state index is 13.0. The van der Waals surface area contributed by atoms with Gasteiger partial charge in [0.15, 0.2) is 0 Å². The van der Waals surface area contributed by atoms with E-state index in [1.807, 2.05) is 6.07 Å². The van der Waals surface area contributed by atoms with Crippen molar-refractivity contribution in [2.45, 2.75) is 19.9 Å². The van der Waals surface area contributed by atoms with Gasteiger partial charge in [-0.3, -0.25) is 0 Å².